The monoisotopic (exact) mass is 438 g/mol. The summed E-state index contributed by atoms with van der Waals surface area (Å²) in [5.74, 6) is 0. The molecule has 10 nitrogen and oxygen atoms in total. The first-order valence-corrected chi connectivity index (χ1v) is 9.65. The highest BCUT2D eigenvalue weighted by molar-refractivity contribution is 5.46. The molecule has 0 aromatic carbocycles. The molecule has 6 heterocycles. The lowest BCUT2D eigenvalue weighted by Crippen LogP contribution is -1.75. The van der Waals surface area contributed by atoms with Gasteiger partial charge in [0.1, 0.15) is 25.3 Å². The molecule has 0 saturated heterocycles. The Bertz CT molecular complexity index is 895. The summed E-state index contributed by atoms with van der Waals surface area (Å²) in [4.78, 5) is 25.5. The number of rotatable bonds is 0. The van der Waals surface area contributed by atoms with Crippen LogP contribution < -0.4 is 0 Å². The highest BCUT2D eigenvalue weighted by Crippen LogP contribution is 2.01. The van der Waals surface area contributed by atoms with Crippen LogP contribution in [0.5, 0.6) is 0 Å². The predicted octanol–water partition coefficient (Wildman–Crippen LogP) is 3.24. The summed E-state index contributed by atoms with van der Waals surface area (Å²) in [6, 6.07) is 15.7. The average molecular weight is 438 g/mol. The van der Waals surface area contributed by atoms with Crippen LogP contribution in [-0.4, -0.2) is 49.5 Å². The van der Waals surface area contributed by atoms with Crippen molar-refractivity contribution in [1.29, 1.82) is 0 Å². The molecule has 0 spiro atoms. The first-order chi connectivity index (χ1) is 16.5. The lowest BCUT2D eigenvalue weighted by Gasteiger charge is -1.88. The topological polar surface area (TPSA) is 120 Å². The second-order valence-electron chi connectivity index (χ2n) is 5.55. The summed E-state index contributed by atoms with van der Waals surface area (Å²) < 4.78 is 2.08. The second kappa shape index (κ2) is 17.8. The van der Waals surface area contributed by atoms with Gasteiger partial charge in [-0.2, -0.15) is 10.2 Å². The fourth-order valence-corrected chi connectivity index (χ4v) is 1.95. The van der Waals surface area contributed by atoms with Crippen LogP contribution in [0, 0.1) is 0 Å². The number of nitrogens with zero attached hydrogens (tertiary/aromatic N) is 10. The zero-order valence-electron chi connectivity index (χ0n) is 17.7. The van der Waals surface area contributed by atoms with Crippen molar-refractivity contribution in [1.82, 2.24) is 49.5 Å². The number of hydrogen-bond acceptors (Lipinski definition) is 9. The summed E-state index contributed by atoms with van der Waals surface area (Å²) in [5.41, 5.74) is 1.25. The van der Waals surface area contributed by atoms with Gasteiger partial charge in [-0.05, 0) is 42.5 Å². The molecule has 0 N–H and O–H groups in total. The van der Waals surface area contributed by atoms with Crippen molar-refractivity contribution in [2.24, 2.45) is 0 Å². The Morgan fingerprint density at radius 1 is 0.394 bits per heavy atom. The zero-order chi connectivity index (χ0) is 23.1. The molecule has 0 unspecified atom stereocenters. The Kier molecular flexibility index (Phi) is 13.1. The van der Waals surface area contributed by atoms with Crippen molar-refractivity contribution in [2.75, 3.05) is 0 Å². The van der Waals surface area contributed by atoms with E-state index in [-0.39, 0.29) is 0 Å². The number of fused-ring (bicyclic) bond motifs is 1. The molecular weight excluding hydrogens is 416 g/mol. The van der Waals surface area contributed by atoms with Gasteiger partial charge in [-0.3, -0.25) is 9.97 Å². The van der Waals surface area contributed by atoms with Gasteiger partial charge in [0.05, 0.1) is 0 Å². The molecule has 33 heavy (non-hydrogen) atoms. The molecule has 6 aromatic heterocycles. The van der Waals surface area contributed by atoms with E-state index in [1.165, 1.54) is 30.8 Å². The van der Waals surface area contributed by atoms with E-state index >= 15 is 0 Å². The largest absolute Gasteiger partial charge is 0.324 e. The molecule has 0 fully saturated rings. The lowest BCUT2D eigenvalue weighted by molar-refractivity contribution is 1.03. The first-order valence-electron chi connectivity index (χ1n) is 9.65. The van der Waals surface area contributed by atoms with Crippen LogP contribution >= 0.6 is 0 Å². The van der Waals surface area contributed by atoms with Crippen LogP contribution in [0.25, 0.3) is 5.52 Å². The van der Waals surface area contributed by atoms with Crippen molar-refractivity contribution >= 4 is 5.52 Å². The molecular formula is C23H22N10. The van der Waals surface area contributed by atoms with E-state index in [9.17, 15) is 0 Å². The molecule has 0 bridgehead atoms. The number of aromatic nitrogens is 10. The molecule has 0 saturated carbocycles. The van der Waals surface area contributed by atoms with Crippen molar-refractivity contribution in [2.45, 2.75) is 0 Å². The van der Waals surface area contributed by atoms with Crippen molar-refractivity contribution in [3.63, 3.8) is 0 Å². The SMILES string of the molecule is c1ccn2cccc2c1.c1ccnnc1.c1cnccn1.c1cncnc1.c1ncncn1. The van der Waals surface area contributed by atoms with Crippen molar-refractivity contribution < 1.29 is 0 Å². The summed E-state index contributed by atoms with van der Waals surface area (Å²) in [5, 5.41) is 7.07. The molecule has 10 heteroatoms. The Morgan fingerprint density at radius 3 is 1.27 bits per heavy atom. The van der Waals surface area contributed by atoms with Crippen LogP contribution in [0.3, 0.4) is 0 Å². The molecule has 6 rings (SSSR count). The minimum atomic E-state index is 1.25. The summed E-state index contributed by atoms with van der Waals surface area (Å²) in [6.07, 6.45) is 23.1. The minimum absolute atomic E-state index is 1.25. The van der Waals surface area contributed by atoms with E-state index < -0.39 is 0 Å². The Balaban J connectivity index is 0.000000148. The molecule has 0 aliphatic heterocycles. The quantitative estimate of drug-likeness (QED) is 0.352. The van der Waals surface area contributed by atoms with Gasteiger partial charge in [-0.25, -0.2) is 24.9 Å². The first kappa shape index (κ1) is 24.3. The second-order valence-corrected chi connectivity index (χ2v) is 5.55. The van der Waals surface area contributed by atoms with Crippen LogP contribution in [0.15, 0.2) is 136 Å². The maximum atomic E-state index is 3.72. The highest BCUT2D eigenvalue weighted by Gasteiger charge is 1.83. The Labute approximate surface area is 191 Å². The molecule has 164 valence electrons. The van der Waals surface area contributed by atoms with Gasteiger partial charge in [-0.15, -0.1) is 0 Å². The summed E-state index contributed by atoms with van der Waals surface area (Å²) in [7, 11) is 0. The van der Waals surface area contributed by atoms with E-state index in [0.29, 0.717) is 0 Å². The van der Waals surface area contributed by atoms with Crippen LogP contribution in [-0.2, 0) is 0 Å². The van der Waals surface area contributed by atoms with E-state index in [4.69, 9.17) is 0 Å². The summed E-state index contributed by atoms with van der Waals surface area (Å²) >= 11 is 0. The molecule has 0 amide bonds. The molecule has 0 aliphatic rings. The van der Waals surface area contributed by atoms with Gasteiger partial charge < -0.3 is 4.40 Å². The standard InChI is InChI=1S/C8H7N.3C4H4N2.C3H3N3/c1-2-6-9-7-3-5-8(9)4-1;1-2-6-4-3-5-1;1-2-5-4-6-3-1;1-2-4-6-5-3-1;1-4-2-6-3-5-1/h1-7H;3*1-4H;1-3H. The van der Waals surface area contributed by atoms with Crippen molar-refractivity contribution in [3.8, 4) is 0 Å². The predicted molar refractivity (Wildman–Crippen MR) is 123 cm³/mol. The minimum Gasteiger partial charge on any atom is -0.324 e. The van der Waals surface area contributed by atoms with Crippen LogP contribution in [0.1, 0.15) is 0 Å². The van der Waals surface area contributed by atoms with E-state index in [1.807, 2.05) is 42.7 Å². The van der Waals surface area contributed by atoms with E-state index in [2.05, 4.69) is 61.6 Å². The van der Waals surface area contributed by atoms with Crippen molar-refractivity contribution in [3.05, 3.63) is 136 Å². The van der Waals surface area contributed by atoms with Gasteiger partial charge >= 0.3 is 0 Å². The van der Waals surface area contributed by atoms with Gasteiger partial charge in [0.25, 0.3) is 0 Å². The maximum absolute atomic E-state index is 3.72. The van der Waals surface area contributed by atoms with E-state index in [0.717, 1.165) is 0 Å². The Hall–Kier alpha value is -4.99. The third-order valence-corrected chi connectivity index (χ3v) is 3.28. The van der Waals surface area contributed by atoms with Crippen LogP contribution in [0.4, 0.5) is 0 Å². The molecule has 0 atom stereocenters. The number of hydrogen-bond donors (Lipinski definition) is 0. The molecule has 0 aliphatic carbocycles. The average Bonchev–Trinajstić information content (AvgIpc) is 3.43. The van der Waals surface area contributed by atoms with Gasteiger partial charge in [0.2, 0.25) is 0 Å². The van der Waals surface area contributed by atoms with Gasteiger partial charge in [0, 0.05) is 67.5 Å². The summed E-state index contributed by atoms with van der Waals surface area (Å²) in [6.45, 7) is 0. The highest BCUT2D eigenvalue weighted by atomic mass is 15.1. The third-order valence-electron chi connectivity index (χ3n) is 3.28. The lowest BCUT2D eigenvalue weighted by atomic mass is 10.4. The van der Waals surface area contributed by atoms with Gasteiger partial charge in [-0.1, -0.05) is 6.07 Å². The van der Waals surface area contributed by atoms with Crippen LogP contribution in [0.2, 0.25) is 0 Å². The fraction of sp³-hybridized carbons (Fsp3) is 0. The molecule has 6 aromatic rings. The third kappa shape index (κ3) is 13.0. The zero-order valence-corrected chi connectivity index (χ0v) is 17.7. The Morgan fingerprint density at radius 2 is 0.909 bits per heavy atom. The maximum Gasteiger partial charge on any atom is 0.119 e. The molecule has 0 radical (unpaired) electrons. The van der Waals surface area contributed by atoms with Gasteiger partial charge in [0.15, 0.2) is 0 Å². The normalized spacial score (nSPS) is 8.61. The van der Waals surface area contributed by atoms with E-state index in [1.54, 1.807) is 55.6 Å². The smallest absolute Gasteiger partial charge is 0.119 e. The number of pyridine rings is 1. The fourth-order valence-electron chi connectivity index (χ4n) is 1.95.